The van der Waals surface area contributed by atoms with Crippen LogP contribution in [0.15, 0.2) is 122 Å². The van der Waals surface area contributed by atoms with E-state index in [1.165, 1.54) is 39.6 Å². The highest BCUT2D eigenvalue weighted by Crippen LogP contribution is 2.63. The van der Waals surface area contributed by atoms with Gasteiger partial charge in [0.25, 0.3) is 0 Å². The van der Waals surface area contributed by atoms with Crippen LogP contribution in [0.1, 0.15) is 17.0 Å². The molecular formula is C35H28N6. The van der Waals surface area contributed by atoms with Gasteiger partial charge in [0.2, 0.25) is 0 Å². The van der Waals surface area contributed by atoms with Gasteiger partial charge in [-0.05, 0) is 47.5 Å². The fourth-order valence-corrected chi connectivity index (χ4v) is 7.89. The average Bonchev–Trinajstić information content (AvgIpc) is 3.49. The fraction of sp³-hybridized carbons (Fsp3) is 0.143. The Morgan fingerprint density at radius 1 is 0.634 bits per heavy atom. The standard InChI is InChI=1S/C35H28N6/c1-22-24-14-6-8-16-26(24)40-29-19-11-10-18-28(29)39(23-12-4-3-5-13-23)35(40)32-31(22)25-15-7-9-17-27(25)41-30-20-36-21-37-33(30)38(2)34(32)41/h3-21,31-32,34-35H,1H2,2H3. The lowest BCUT2D eigenvalue weighted by Crippen LogP contribution is -2.59. The van der Waals surface area contributed by atoms with Crippen molar-refractivity contribution in [1.82, 2.24) is 9.97 Å². The molecular weight excluding hydrogens is 504 g/mol. The Hall–Kier alpha value is -5.10. The highest BCUT2D eigenvalue weighted by molar-refractivity contribution is 5.96. The van der Waals surface area contributed by atoms with Gasteiger partial charge in [0.05, 0.1) is 23.3 Å². The Labute approximate surface area is 239 Å². The lowest BCUT2D eigenvalue weighted by atomic mass is 9.72. The van der Waals surface area contributed by atoms with Crippen LogP contribution in [0.25, 0.3) is 5.57 Å². The minimum atomic E-state index is -0.0224. The first kappa shape index (κ1) is 22.7. The molecule has 4 aliphatic rings. The van der Waals surface area contributed by atoms with Crippen molar-refractivity contribution in [1.29, 1.82) is 0 Å². The SMILES string of the molecule is C=C1c2ccccc2N2c3ccccc3N(c3ccccc3)C2C2C1c1ccccc1N1c3cncnc3N(C)C21. The second-order valence-corrected chi connectivity index (χ2v) is 11.3. The number of fused-ring (bicyclic) bond motifs is 14. The molecule has 4 unspecified atom stereocenters. The van der Waals surface area contributed by atoms with E-state index in [0.717, 1.165) is 17.1 Å². The Morgan fingerprint density at radius 2 is 1.27 bits per heavy atom. The van der Waals surface area contributed by atoms with Crippen LogP contribution in [0.3, 0.4) is 0 Å². The van der Waals surface area contributed by atoms with Crippen LogP contribution in [0, 0.1) is 5.92 Å². The van der Waals surface area contributed by atoms with Gasteiger partial charge in [0, 0.05) is 35.8 Å². The van der Waals surface area contributed by atoms with E-state index in [9.17, 15) is 0 Å². The second-order valence-electron chi connectivity index (χ2n) is 11.3. The van der Waals surface area contributed by atoms with Crippen molar-refractivity contribution < 1.29 is 0 Å². The summed E-state index contributed by atoms with van der Waals surface area (Å²) in [6, 6.07) is 37.3. The summed E-state index contributed by atoms with van der Waals surface area (Å²) >= 11 is 0. The molecule has 1 aromatic heterocycles. The fourth-order valence-electron chi connectivity index (χ4n) is 7.89. The molecule has 5 aromatic rings. The van der Waals surface area contributed by atoms with Crippen LogP contribution in [-0.2, 0) is 0 Å². The van der Waals surface area contributed by atoms with Crippen LogP contribution in [0.4, 0.5) is 39.9 Å². The van der Waals surface area contributed by atoms with Crippen molar-refractivity contribution in [3.63, 3.8) is 0 Å². The number of anilines is 7. The maximum Gasteiger partial charge on any atom is 0.157 e. The zero-order valence-electron chi connectivity index (χ0n) is 22.7. The first-order valence-corrected chi connectivity index (χ1v) is 14.2. The van der Waals surface area contributed by atoms with Crippen molar-refractivity contribution in [3.8, 4) is 0 Å². The Kier molecular flexibility index (Phi) is 4.54. The Morgan fingerprint density at radius 3 is 2.07 bits per heavy atom. The smallest absolute Gasteiger partial charge is 0.157 e. The number of benzene rings is 4. The second kappa shape index (κ2) is 8.21. The number of allylic oxidation sites excluding steroid dienone is 1. The van der Waals surface area contributed by atoms with E-state index in [-0.39, 0.29) is 24.2 Å². The monoisotopic (exact) mass is 532 g/mol. The molecule has 0 bridgehead atoms. The molecule has 0 aliphatic carbocycles. The number of aromatic nitrogens is 2. The zero-order chi connectivity index (χ0) is 27.2. The lowest BCUT2D eigenvalue weighted by Gasteiger charge is -2.50. The van der Waals surface area contributed by atoms with Crippen molar-refractivity contribution in [3.05, 3.63) is 133 Å². The molecule has 198 valence electrons. The molecule has 4 atom stereocenters. The van der Waals surface area contributed by atoms with Crippen LogP contribution in [0.2, 0.25) is 0 Å². The molecule has 5 heterocycles. The van der Waals surface area contributed by atoms with Crippen molar-refractivity contribution in [2.45, 2.75) is 18.2 Å². The van der Waals surface area contributed by atoms with Gasteiger partial charge < -0.3 is 19.6 Å². The van der Waals surface area contributed by atoms with Gasteiger partial charge in [0.1, 0.15) is 24.3 Å². The molecule has 6 nitrogen and oxygen atoms in total. The third kappa shape index (κ3) is 2.86. The molecule has 4 aliphatic heterocycles. The normalized spacial score (nSPS) is 23.1. The largest absolute Gasteiger partial charge is 0.337 e. The molecule has 0 saturated heterocycles. The van der Waals surface area contributed by atoms with Gasteiger partial charge in [0.15, 0.2) is 5.82 Å². The number of para-hydroxylation sites is 5. The first-order chi connectivity index (χ1) is 20.2. The Balaban J connectivity index is 1.39. The van der Waals surface area contributed by atoms with E-state index in [1.807, 2.05) is 6.20 Å². The molecule has 4 aromatic carbocycles. The summed E-state index contributed by atoms with van der Waals surface area (Å²) in [5.74, 6) is 1.13. The predicted molar refractivity (Wildman–Crippen MR) is 165 cm³/mol. The molecule has 0 saturated carbocycles. The summed E-state index contributed by atoms with van der Waals surface area (Å²) in [6.45, 7) is 4.86. The van der Waals surface area contributed by atoms with E-state index >= 15 is 0 Å². The van der Waals surface area contributed by atoms with Crippen LogP contribution in [-0.4, -0.2) is 29.3 Å². The van der Waals surface area contributed by atoms with Gasteiger partial charge in [-0.1, -0.05) is 73.3 Å². The maximum absolute atomic E-state index is 4.86. The van der Waals surface area contributed by atoms with E-state index < -0.39 is 0 Å². The highest BCUT2D eigenvalue weighted by Gasteiger charge is 2.58. The number of hydrogen-bond donors (Lipinski definition) is 0. The van der Waals surface area contributed by atoms with Crippen molar-refractivity contribution in [2.75, 3.05) is 26.6 Å². The van der Waals surface area contributed by atoms with E-state index in [2.05, 4.69) is 135 Å². The van der Waals surface area contributed by atoms with Gasteiger partial charge in [-0.15, -0.1) is 0 Å². The van der Waals surface area contributed by atoms with Crippen LogP contribution < -0.4 is 19.6 Å². The van der Waals surface area contributed by atoms with Crippen LogP contribution >= 0.6 is 0 Å². The van der Waals surface area contributed by atoms with E-state index in [4.69, 9.17) is 11.6 Å². The summed E-state index contributed by atoms with van der Waals surface area (Å²) in [5, 5.41) is 0. The van der Waals surface area contributed by atoms with E-state index in [0.29, 0.717) is 0 Å². The molecule has 0 fully saturated rings. The third-order valence-electron chi connectivity index (χ3n) is 9.38. The van der Waals surface area contributed by atoms with Gasteiger partial charge in [-0.3, -0.25) is 0 Å². The summed E-state index contributed by atoms with van der Waals surface area (Å²) in [7, 11) is 2.18. The molecule has 0 spiro atoms. The highest BCUT2D eigenvalue weighted by atomic mass is 15.5. The van der Waals surface area contributed by atoms with Gasteiger partial charge >= 0.3 is 0 Å². The number of rotatable bonds is 1. The van der Waals surface area contributed by atoms with Gasteiger partial charge in [-0.25, -0.2) is 9.97 Å². The minimum Gasteiger partial charge on any atom is -0.337 e. The van der Waals surface area contributed by atoms with Crippen molar-refractivity contribution >= 4 is 45.5 Å². The lowest BCUT2D eigenvalue weighted by molar-refractivity contribution is 0.324. The molecule has 0 amide bonds. The summed E-state index contributed by atoms with van der Waals surface area (Å²) < 4.78 is 0. The minimum absolute atomic E-state index is 0.000636. The third-order valence-corrected chi connectivity index (χ3v) is 9.38. The van der Waals surface area contributed by atoms with Crippen LogP contribution in [0.5, 0.6) is 0 Å². The quantitative estimate of drug-likeness (QED) is 0.223. The topological polar surface area (TPSA) is 38.7 Å². The zero-order valence-corrected chi connectivity index (χ0v) is 22.7. The summed E-state index contributed by atoms with van der Waals surface area (Å²) in [6.07, 6.45) is 3.60. The Bertz CT molecular complexity index is 1850. The number of nitrogens with zero attached hydrogens (tertiary/aromatic N) is 6. The molecule has 0 N–H and O–H groups in total. The average molecular weight is 533 g/mol. The summed E-state index contributed by atoms with van der Waals surface area (Å²) in [5.41, 5.74) is 10.7. The van der Waals surface area contributed by atoms with Gasteiger partial charge in [-0.2, -0.15) is 0 Å². The first-order valence-electron chi connectivity index (χ1n) is 14.2. The molecule has 6 heteroatoms. The summed E-state index contributed by atoms with van der Waals surface area (Å²) in [4.78, 5) is 19.2. The molecule has 9 rings (SSSR count). The molecule has 0 radical (unpaired) electrons. The van der Waals surface area contributed by atoms with E-state index in [1.54, 1.807) is 6.33 Å². The molecule has 41 heavy (non-hydrogen) atoms. The van der Waals surface area contributed by atoms with Crippen molar-refractivity contribution in [2.24, 2.45) is 5.92 Å². The maximum atomic E-state index is 4.86. The predicted octanol–water partition coefficient (Wildman–Crippen LogP) is 7.45. The number of hydrogen-bond acceptors (Lipinski definition) is 6.